The van der Waals surface area contributed by atoms with Gasteiger partial charge in [0.05, 0.1) is 7.11 Å². The summed E-state index contributed by atoms with van der Waals surface area (Å²) >= 11 is 0. The molecule has 1 amide bonds. The van der Waals surface area contributed by atoms with Crippen molar-refractivity contribution in [3.8, 4) is 11.5 Å². The van der Waals surface area contributed by atoms with Crippen molar-refractivity contribution in [3.63, 3.8) is 0 Å². The first kappa shape index (κ1) is 13.7. The number of amides is 1. The summed E-state index contributed by atoms with van der Waals surface area (Å²) < 4.78 is 10.7. The summed E-state index contributed by atoms with van der Waals surface area (Å²) in [4.78, 5) is 11.8. The Balaban J connectivity index is 1.80. The highest BCUT2D eigenvalue weighted by atomic mass is 16.5. The van der Waals surface area contributed by atoms with Gasteiger partial charge >= 0.3 is 0 Å². The maximum absolute atomic E-state index is 11.8. The van der Waals surface area contributed by atoms with E-state index in [-0.39, 0.29) is 12.5 Å². The van der Waals surface area contributed by atoms with E-state index in [0.29, 0.717) is 23.5 Å². The fraction of sp³-hybridized carbons (Fsp3) is 0.533. The van der Waals surface area contributed by atoms with Gasteiger partial charge in [-0.3, -0.25) is 4.79 Å². The molecule has 2 rings (SSSR count). The topological polar surface area (TPSA) is 47.6 Å². The predicted molar refractivity (Wildman–Crippen MR) is 73.4 cm³/mol. The van der Waals surface area contributed by atoms with Crippen LogP contribution in [0.15, 0.2) is 24.3 Å². The van der Waals surface area contributed by atoms with Crippen molar-refractivity contribution < 1.29 is 14.3 Å². The molecule has 104 valence electrons. The van der Waals surface area contributed by atoms with Crippen LogP contribution in [0.5, 0.6) is 11.5 Å². The van der Waals surface area contributed by atoms with Crippen LogP contribution >= 0.6 is 0 Å². The molecule has 2 unspecified atom stereocenters. The summed E-state index contributed by atoms with van der Waals surface area (Å²) in [6, 6.07) is 7.64. The third-order valence-corrected chi connectivity index (χ3v) is 3.49. The zero-order valence-corrected chi connectivity index (χ0v) is 11.5. The molecule has 1 saturated carbocycles. The van der Waals surface area contributed by atoms with Crippen molar-refractivity contribution in [2.24, 2.45) is 5.92 Å². The van der Waals surface area contributed by atoms with Crippen molar-refractivity contribution >= 4 is 5.91 Å². The lowest BCUT2D eigenvalue weighted by atomic mass is 10.1. The van der Waals surface area contributed by atoms with Crippen LogP contribution < -0.4 is 14.8 Å². The minimum absolute atomic E-state index is 0.0330. The average molecular weight is 263 g/mol. The van der Waals surface area contributed by atoms with Gasteiger partial charge in [-0.05, 0) is 37.3 Å². The number of para-hydroxylation sites is 2. The third-order valence-electron chi connectivity index (χ3n) is 3.49. The second kappa shape index (κ2) is 6.45. The lowest BCUT2D eigenvalue weighted by molar-refractivity contribution is -0.123. The first-order valence-electron chi connectivity index (χ1n) is 6.74. The van der Waals surface area contributed by atoms with Crippen molar-refractivity contribution in [1.82, 2.24) is 5.32 Å². The number of ether oxygens (including phenoxy) is 2. The smallest absolute Gasteiger partial charge is 0.258 e. The quantitative estimate of drug-likeness (QED) is 0.887. The second-order valence-electron chi connectivity index (χ2n) is 5.12. The first-order valence-corrected chi connectivity index (χ1v) is 6.74. The number of hydrogen-bond donors (Lipinski definition) is 1. The van der Waals surface area contributed by atoms with Crippen LogP contribution in [0.2, 0.25) is 0 Å². The SMILES string of the molecule is COc1ccccc1OCC(=O)NC1CCC(C)C1. The molecule has 4 nitrogen and oxygen atoms in total. The summed E-state index contributed by atoms with van der Waals surface area (Å²) in [5.74, 6) is 1.88. The summed E-state index contributed by atoms with van der Waals surface area (Å²) in [6.07, 6.45) is 3.33. The monoisotopic (exact) mass is 263 g/mol. The van der Waals surface area contributed by atoms with Gasteiger partial charge in [0.25, 0.3) is 5.91 Å². The molecule has 4 heteroatoms. The van der Waals surface area contributed by atoms with Gasteiger partial charge in [0.15, 0.2) is 18.1 Å². The number of methoxy groups -OCH3 is 1. The summed E-state index contributed by atoms with van der Waals surface area (Å²) in [5.41, 5.74) is 0. The van der Waals surface area contributed by atoms with Crippen LogP contribution in [0.4, 0.5) is 0 Å². The molecule has 0 saturated heterocycles. The number of rotatable bonds is 5. The minimum Gasteiger partial charge on any atom is -0.493 e. The minimum atomic E-state index is -0.0648. The molecule has 1 aliphatic rings. The molecule has 0 spiro atoms. The summed E-state index contributed by atoms with van der Waals surface area (Å²) in [7, 11) is 1.59. The Morgan fingerprint density at radius 3 is 2.68 bits per heavy atom. The first-order chi connectivity index (χ1) is 9.19. The highest BCUT2D eigenvalue weighted by Crippen LogP contribution is 2.26. The van der Waals surface area contributed by atoms with Crippen LogP contribution in [0.1, 0.15) is 26.2 Å². The Morgan fingerprint density at radius 2 is 2.05 bits per heavy atom. The maximum atomic E-state index is 11.8. The Hall–Kier alpha value is -1.71. The highest BCUT2D eigenvalue weighted by molar-refractivity contribution is 5.78. The lowest BCUT2D eigenvalue weighted by Gasteiger charge is -2.14. The molecule has 0 aliphatic heterocycles. The van der Waals surface area contributed by atoms with Gasteiger partial charge in [0.1, 0.15) is 0 Å². The number of nitrogens with one attached hydrogen (secondary N) is 1. The van der Waals surface area contributed by atoms with Crippen molar-refractivity contribution in [2.75, 3.05) is 13.7 Å². The van der Waals surface area contributed by atoms with Gasteiger partial charge in [-0.2, -0.15) is 0 Å². The van der Waals surface area contributed by atoms with E-state index in [2.05, 4.69) is 12.2 Å². The fourth-order valence-electron chi connectivity index (χ4n) is 2.49. The zero-order valence-electron chi connectivity index (χ0n) is 11.5. The van der Waals surface area contributed by atoms with Gasteiger partial charge in [0, 0.05) is 6.04 Å². The van der Waals surface area contributed by atoms with E-state index >= 15 is 0 Å². The maximum Gasteiger partial charge on any atom is 0.258 e. The van der Waals surface area contributed by atoms with E-state index in [9.17, 15) is 4.79 Å². The van der Waals surface area contributed by atoms with Crippen LogP contribution in [0.3, 0.4) is 0 Å². The largest absolute Gasteiger partial charge is 0.493 e. The predicted octanol–water partition coefficient (Wildman–Crippen LogP) is 2.38. The molecule has 1 N–H and O–H groups in total. The molecular formula is C15H21NO3. The Morgan fingerprint density at radius 1 is 1.32 bits per heavy atom. The van der Waals surface area contributed by atoms with E-state index in [0.717, 1.165) is 12.8 Å². The number of benzene rings is 1. The third kappa shape index (κ3) is 3.88. The molecule has 0 bridgehead atoms. The Kier molecular flexibility index (Phi) is 4.66. The zero-order chi connectivity index (χ0) is 13.7. The van der Waals surface area contributed by atoms with E-state index in [1.54, 1.807) is 13.2 Å². The molecule has 1 aromatic carbocycles. The standard InChI is InChI=1S/C15H21NO3/c1-11-7-8-12(9-11)16-15(17)10-19-14-6-4-3-5-13(14)18-2/h3-6,11-12H,7-10H2,1-2H3,(H,16,17). The van der Waals surface area contributed by atoms with Crippen LogP contribution in [0.25, 0.3) is 0 Å². The van der Waals surface area contributed by atoms with Crippen molar-refractivity contribution in [1.29, 1.82) is 0 Å². The van der Waals surface area contributed by atoms with Gasteiger partial charge in [-0.1, -0.05) is 19.1 Å². The van der Waals surface area contributed by atoms with Crippen LogP contribution in [0, 0.1) is 5.92 Å². The highest BCUT2D eigenvalue weighted by Gasteiger charge is 2.22. The van der Waals surface area contributed by atoms with E-state index in [1.807, 2.05) is 18.2 Å². The van der Waals surface area contributed by atoms with Gasteiger partial charge in [0.2, 0.25) is 0 Å². The number of carbonyl (C=O) groups excluding carboxylic acids is 1. The second-order valence-corrected chi connectivity index (χ2v) is 5.12. The van der Waals surface area contributed by atoms with E-state index < -0.39 is 0 Å². The average Bonchev–Trinajstić information content (AvgIpc) is 2.82. The van der Waals surface area contributed by atoms with Gasteiger partial charge < -0.3 is 14.8 Å². The Labute approximate surface area is 114 Å². The number of carbonyl (C=O) groups is 1. The van der Waals surface area contributed by atoms with E-state index in [4.69, 9.17) is 9.47 Å². The summed E-state index contributed by atoms with van der Waals surface area (Å²) in [6.45, 7) is 2.25. The molecule has 0 heterocycles. The van der Waals surface area contributed by atoms with Gasteiger partial charge in [-0.25, -0.2) is 0 Å². The fourth-order valence-corrected chi connectivity index (χ4v) is 2.49. The molecular weight excluding hydrogens is 242 g/mol. The lowest BCUT2D eigenvalue weighted by Crippen LogP contribution is -2.36. The van der Waals surface area contributed by atoms with Crippen LogP contribution in [-0.2, 0) is 4.79 Å². The molecule has 1 fully saturated rings. The number of hydrogen-bond acceptors (Lipinski definition) is 3. The molecule has 0 radical (unpaired) electrons. The molecule has 2 atom stereocenters. The Bertz CT molecular complexity index is 433. The van der Waals surface area contributed by atoms with Crippen molar-refractivity contribution in [2.45, 2.75) is 32.2 Å². The molecule has 0 aromatic heterocycles. The van der Waals surface area contributed by atoms with Crippen LogP contribution in [-0.4, -0.2) is 25.7 Å². The van der Waals surface area contributed by atoms with Gasteiger partial charge in [-0.15, -0.1) is 0 Å². The molecule has 1 aliphatic carbocycles. The van der Waals surface area contributed by atoms with Crippen molar-refractivity contribution in [3.05, 3.63) is 24.3 Å². The normalized spacial score (nSPS) is 22.0. The van der Waals surface area contributed by atoms with E-state index in [1.165, 1.54) is 6.42 Å². The molecule has 19 heavy (non-hydrogen) atoms. The molecule has 1 aromatic rings. The summed E-state index contributed by atoms with van der Waals surface area (Å²) in [5, 5.41) is 3.01.